The molecule has 19 heavy (non-hydrogen) atoms. The Balaban J connectivity index is 2.07. The minimum Gasteiger partial charge on any atom is -0.326 e. The molecule has 2 aromatic carbocycles. The van der Waals surface area contributed by atoms with Gasteiger partial charge in [-0.25, -0.2) is 0 Å². The molecule has 0 aliphatic heterocycles. The van der Waals surface area contributed by atoms with Gasteiger partial charge in [0.15, 0.2) is 0 Å². The van der Waals surface area contributed by atoms with Crippen molar-refractivity contribution in [1.29, 1.82) is 0 Å². The standard InChI is InChI=1S/C16H16ClNO/c1-11-6-7-12(2)15(8-11)18-16(19)10-13-4-3-5-14(17)9-13/h3-9H,10H2,1-2H3,(H,18,19). The van der Waals surface area contributed by atoms with E-state index in [2.05, 4.69) is 5.32 Å². The Morgan fingerprint density at radius 3 is 2.68 bits per heavy atom. The first-order valence-electron chi connectivity index (χ1n) is 6.16. The summed E-state index contributed by atoms with van der Waals surface area (Å²) in [5.74, 6) is -0.0315. The SMILES string of the molecule is Cc1ccc(C)c(NC(=O)Cc2cccc(Cl)c2)c1. The van der Waals surface area contributed by atoms with Crippen molar-refractivity contribution in [3.05, 3.63) is 64.2 Å². The molecule has 0 bridgehead atoms. The maximum atomic E-state index is 12.0. The van der Waals surface area contributed by atoms with Crippen molar-refractivity contribution in [2.75, 3.05) is 5.32 Å². The Kier molecular flexibility index (Phi) is 4.23. The van der Waals surface area contributed by atoms with Crippen molar-refractivity contribution in [2.45, 2.75) is 20.3 Å². The number of amides is 1. The van der Waals surface area contributed by atoms with Gasteiger partial charge in [-0.1, -0.05) is 35.9 Å². The molecule has 0 unspecified atom stereocenters. The highest BCUT2D eigenvalue weighted by molar-refractivity contribution is 6.30. The Hall–Kier alpha value is -1.80. The van der Waals surface area contributed by atoms with Crippen LogP contribution in [-0.2, 0) is 11.2 Å². The average Bonchev–Trinajstić information content (AvgIpc) is 2.34. The molecule has 0 saturated heterocycles. The minimum absolute atomic E-state index is 0.0315. The van der Waals surface area contributed by atoms with E-state index in [0.29, 0.717) is 11.4 Å². The second-order valence-electron chi connectivity index (χ2n) is 4.67. The highest BCUT2D eigenvalue weighted by atomic mass is 35.5. The molecule has 0 saturated carbocycles. The van der Waals surface area contributed by atoms with Crippen LogP contribution in [0.1, 0.15) is 16.7 Å². The van der Waals surface area contributed by atoms with Gasteiger partial charge in [-0.15, -0.1) is 0 Å². The molecule has 1 N–H and O–H groups in total. The lowest BCUT2D eigenvalue weighted by Gasteiger charge is -2.09. The fourth-order valence-corrected chi connectivity index (χ4v) is 2.11. The number of hydrogen-bond donors (Lipinski definition) is 1. The second-order valence-corrected chi connectivity index (χ2v) is 5.11. The number of aryl methyl sites for hydroxylation is 2. The second kappa shape index (κ2) is 5.89. The van der Waals surface area contributed by atoms with Gasteiger partial charge in [-0.3, -0.25) is 4.79 Å². The summed E-state index contributed by atoms with van der Waals surface area (Å²) >= 11 is 5.90. The molecule has 1 amide bonds. The van der Waals surface area contributed by atoms with Gasteiger partial charge < -0.3 is 5.32 Å². The van der Waals surface area contributed by atoms with E-state index in [1.54, 1.807) is 6.07 Å². The molecule has 0 spiro atoms. The van der Waals surface area contributed by atoms with Crippen molar-refractivity contribution in [3.63, 3.8) is 0 Å². The van der Waals surface area contributed by atoms with Gasteiger partial charge in [-0.05, 0) is 48.7 Å². The number of carbonyl (C=O) groups is 1. The molecule has 0 heterocycles. The van der Waals surface area contributed by atoms with E-state index >= 15 is 0 Å². The molecule has 0 fully saturated rings. The molecule has 0 aliphatic carbocycles. The maximum Gasteiger partial charge on any atom is 0.228 e. The van der Waals surface area contributed by atoms with Crippen molar-refractivity contribution in [1.82, 2.24) is 0 Å². The first kappa shape index (κ1) is 13.6. The van der Waals surface area contributed by atoms with Crippen LogP contribution in [0.5, 0.6) is 0 Å². The van der Waals surface area contributed by atoms with Crippen LogP contribution in [0.15, 0.2) is 42.5 Å². The van der Waals surface area contributed by atoms with Gasteiger partial charge in [0.1, 0.15) is 0 Å². The lowest BCUT2D eigenvalue weighted by molar-refractivity contribution is -0.115. The highest BCUT2D eigenvalue weighted by Crippen LogP contribution is 2.17. The third kappa shape index (κ3) is 3.83. The van der Waals surface area contributed by atoms with E-state index in [-0.39, 0.29) is 5.91 Å². The summed E-state index contributed by atoms with van der Waals surface area (Å²) < 4.78 is 0. The summed E-state index contributed by atoms with van der Waals surface area (Å²) in [4.78, 5) is 12.0. The van der Waals surface area contributed by atoms with Gasteiger partial charge >= 0.3 is 0 Å². The minimum atomic E-state index is -0.0315. The summed E-state index contributed by atoms with van der Waals surface area (Å²) in [5.41, 5.74) is 3.97. The molecule has 0 atom stereocenters. The zero-order chi connectivity index (χ0) is 13.8. The largest absolute Gasteiger partial charge is 0.326 e. The number of rotatable bonds is 3. The Labute approximate surface area is 118 Å². The predicted octanol–water partition coefficient (Wildman–Crippen LogP) is 4.14. The molecular formula is C16H16ClNO. The predicted molar refractivity (Wildman–Crippen MR) is 79.7 cm³/mol. The number of benzene rings is 2. The van der Waals surface area contributed by atoms with Crippen molar-refractivity contribution < 1.29 is 4.79 Å². The lowest BCUT2D eigenvalue weighted by atomic mass is 10.1. The molecule has 2 nitrogen and oxygen atoms in total. The summed E-state index contributed by atoms with van der Waals surface area (Å²) in [7, 11) is 0. The van der Waals surface area contributed by atoms with E-state index in [0.717, 1.165) is 22.4 Å². The third-order valence-electron chi connectivity index (χ3n) is 2.92. The molecule has 2 rings (SSSR count). The van der Waals surface area contributed by atoms with Gasteiger partial charge in [0.05, 0.1) is 6.42 Å². The Morgan fingerprint density at radius 1 is 1.16 bits per heavy atom. The summed E-state index contributed by atoms with van der Waals surface area (Å²) in [6.45, 7) is 3.99. The molecule has 0 radical (unpaired) electrons. The topological polar surface area (TPSA) is 29.1 Å². The van der Waals surface area contributed by atoms with Crippen LogP contribution in [0.25, 0.3) is 0 Å². The van der Waals surface area contributed by atoms with E-state index in [9.17, 15) is 4.79 Å². The van der Waals surface area contributed by atoms with Gasteiger partial charge in [0, 0.05) is 10.7 Å². The zero-order valence-electron chi connectivity index (χ0n) is 11.0. The number of anilines is 1. The lowest BCUT2D eigenvalue weighted by Crippen LogP contribution is -2.15. The first-order chi connectivity index (χ1) is 9.04. The number of hydrogen-bond acceptors (Lipinski definition) is 1. The summed E-state index contributed by atoms with van der Waals surface area (Å²) in [6.07, 6.45) is 0.327. The van der Waals surface area contributed by atoms with Crippen LogP contribution in [-0.4, -0.2) is 5.91 Å². The first-order valence-corrected chi connectivity index (χ1v) is 6.54. The number of carbonyl (C=O) groups excluding carboxylic acids is 1. The van der Waals surface area contributed by atoms with Crippen LogP contribution in [0.4, 0.5) is 5.69 Å². The third-order valence-corrected chi connectivity index (χ3v) is 3.16. The molecule has 2 aromatic rings. The smallest absolute Gasteiger partial charge is 0.228 e. The van der Waals surface area contributed by atoms with Gasteiger partial charge in [0.25, 0.3) is 0 Å². The van der Waals surface area contributed by atoms with Crippen LogP contribution < -0.4 is 5.32 Å². The number of nitrogens with one attached hydrogen (secondary N) is 1. The van der Waals surface area contributed by atoms with E-state index in [1.165, 1.54) is 0 Å². The van der Waals surface area contributed by atoms with Gasteiger partial charge in [0.2, 0.25) is 5.91 Å². The molecule has 0 aliphatic rings. The molecular weight excluding hydrogens is 258 g/mol. The normalized spacial score (nSPS) is 10.3. The van der Waals surface area contributed by atoms with Crippen molar-refractivity contribution >= 4 is 23.2 Å². The van der Waals surface area contributed by atoms with E-state index < -0.39 is 0 Å². The van der Waals surface area contributed by atoms with Crippen LogP contribution in [0.3, 0.4) is 0 Å². The Bertz CT molecular complexity index is 607. The summed E-state index contributed by atoms with van der Waals surface area (Å²) in [5, 5.41) is 3.59. The fraction of sp³-hybridized carbons (Fsp3) is 0.188. The number of halogens is 1. The van der Waals surface area contributed by atoms with Crippen LogP contribution >= 0.6 is 11.6 Å². The van der Waals surface area contributed by atoms with Crippen LogP contribution in [0, 0.1) is 13.8 Å². The van der Waals surface area contributed by atoms with Crippen molar-refractivity contribution in [3.8, 4) is 0 Å². The average molecular weight is 274 g/mol. The molecule has 0 aromatic heterocycles. The Morgan fingerprint density at radius 2 is 1.95 bits per heavy atom. The summed E-state index contributed by atoms with van der Waals surface area (Å²) in [6, 6.07) is 13.4. The zero-order valence-corrected chi connectivity index (χ0v) is 11.8. The monoisotopic (exact) mass is 273 g/mol. The molecule has 3 heteroatoms. The van der Waals surface area contributed by atoms with Gasteiger partial charge in [-0.2, -0.15) is 0 Å². The van der Waals surface area contributed by atoms with E-state index in [1.807, 2.05) is 50.2 Å². The quantitative estimate of drug-likeness (QED) is 0.895. The van der Waals surface area contributed by atoms with E-state index in [4.69, 9.17) is 11.6 Å². The highest BCUT2D eigenvalue weighted by Gasteiger charge is 2.06. The molecule has 98 valence electrons. The van der Waals surface area contributed by atoms with Crippen molar-refractivity contribution in [2.24, 2.45) is 0 Å². The maximum absolute atomic E-state index is 12.0. The van der Waals surface area contributed by atoms with Crippen LogP contribution in [0.2, 0.25) is 5.02 Å². The fourth-order valence-electron chi connectivity index (χ4n) is 1.90.